The van der Waals surface area contributed by atoms with E-state index in [1.807, 2.05) is 30.0 Å². The number of hydrogen-bond donors (Lipinski definition) is 0. The maximum absolute atomic E-state index is 12.0. The molecule has 0 spiro atoms. The number of rotatable bonds is 4. The van der Waals surface area contributed by atoms with Gasteiger partial charge in [-0.3, -0.25) is 4.79 Å². The van der Waals surface area contributed by atoms with Crippen molar-refractivity contribution in [3.8, 4) is 11.5 Å². The van der Waals surface area contributed by atoms with E-state index in [0.29, 0.717) is 6.42 Å². The van der Waals surface area contributed by atoms with E-state index in [4.69, 9.17) is 9.47 Å². The highest BCUT2D eigenvalue weighted by atomic mass is 16.5. The van der Waals surface area contributed by atoms with Gasteiger partial charge in [-0.25, -0.2) is 0 Å². The third kappa shape index (κ3) is 2.67. The van der Waals surface area contributed by atoms with Crippen LogP contribution in [-0.2, 0) is 4.79 Å². The SMILES string of the molecule is CCC(=O)N1CCCC1c1cc(OC)ccc1OC. The molecule has 1 aliphatic heterocycles. The van der Waals surface area contributed by atoms with E-state index in [1.165, 1.54) is 0 Å². The lowest BCUT2D eigenvalue weighted by Gasteiger charge is -2.26. The lowest BCUT2D eigenvalue weighted by Crippen LogP contribution is -2.30. The standard InChI is InChI=1S/C15H21NO3/c1-4-15(17)16-9-5-6-13(16)12-10-11(18-2)7-8-14(12)19-3/h7-8,10,13H,4-6,9H2,1-3H3. The minimum absolute atomic E-state index is 0.109. The Morgan fingerprint density at radius 2 is 2.16 bits per heavy atom. The van der Waals surface area contributed by atoms with Crippen LogP contribution in [0.25, 0.3) is 0 Å². The van der Waals surface area contributed by atoms with E-state index in [-0.39, 0.29) is 11.9 Å². The summed E-state index contributed by atoms with van der Waals surface area (Å²) in [6.45, 7) is 2.73. The van der Waals surface area contributed by atoms with Crippen molar-refractivity contribution in [1.29, 1.82) is 0 Å². The van der Waals surface area contributed by atoms with Gasteiger partial charge in [0.2, 0.25) is 5.91 Å². The highest BCUT2D eigenvalue weighted by Crippen LogP contribution is 2.39. The van der Waals surface area contributed by atoms with Crippen LogP contribution in [0.1, 0.15) is 37.8 Å². The van der Waals surface area contributed by atoms with Gasteiger partial charge in [0, 0.05) is 18.5 Å². The fourth-order valence-electron chi connectivity index (χ4n) is 2.69. The Labute approximate surface area is 114 Å². The largest absolute Gasteiger partial charge is 0.497 e. The highest BCUT2D eigenvalue weighted by molar-refractivity contribution is 5.76. The minimum Gasteiger partial charge on any atom is -0.497 e. The molecule has 1 aromatic carbocycles. The summed E-state index contributed by atoms with van der Waals surface area (Å²) in [5.74, 6) is 1.82. The van der Waals surface area contributed by atoms with Gasteiger partial charge in [-0.2, -0.15) is 0 Å². The third-order valence-electron chi connectivity index (χ3n) is 3.67. The zero-order chi connectivity index (χ0) is 13.8. The molecule has 0 aromatic heterocycles. The monoisotopic (exact) mass is 263 g/mol. The molecule has 0 saturated carbocycles. The van der Waals surface area contributed by atoms with E-state index >= 15 is 0 Å². The maximum Gasteiger partial charge on any atom is 0.222 e. The van der Waals surface area contributed by atoms with Gasteiger partial charge in [0.05, 0.1) is 20.3 Å². The van der Waals surface area contributed by atoms with Crippen LogP contribution in [-0.4, -0.2) is 31.6 Å². The average Bonchev–Trinajstić information content (AvgIpc) is 2.94. The number of amides is 1. The van der Waals surface area contributed by atoms with Crippen molar-refractivity contribution in [3.05, 3.63) is 23.8 Å². The van der Waals surface area contributed by atoms with Crippen LogP contribution in [0.4, 0.5) is 0 Å². The van der Waals surface area contributed by atoms with Crippen LogP contribution < -0.4 is 9.47 Å². The zero-order valence-electron chi connectivity index (χ0n) is 11.8. The molecule has 1 amide bonds. The molecule has 0 aliphatic carbocycles. The maximum atomic E-state index is 12.0. The van der Waals surface area contributed by atoms with Crippen LogP contribution in [0.15, 0.2) is 18.2 Å². The number of benzene rings is 1. The van der Waals surface area contributed by atoms with Gasteiger partial charge in [-0.15, -0.1) is 0 Å². The van der Waals surface area contributed by atoms with E-state index in [2.05, 4.69) is 0 Å². The molecular formula is C15H21NO3. The molecule has 4 nitrogen and oxygen atoms in total. The van der Waals surface area contributed by atoms with Crippen LogP contribution >= 0.6 is 0 Å². The third-order valence-corrected chi connectivity index (χ3v) is 3.67. The highest BCUT2D eigenvalue weighted by Gasteiger charge is 2.31. The van der Waals surface area contributed by atoms with Crippen LogP contribution in [0, 0.1) is 0 Å². The summed E-state index contributed by atoms with van der Waals surface area (Å²) in [6, 6.07) is 5.87. The molecule has 104 valence electrons. The second-order valence-electron chi connectivity index (χ2n) is 4.71. The molecule has 19 heavy (non-hydrogen) atoms. The molecule has 4 heteroatoms. The summed E-state index contributed by atoms with van der Waals surface area (Å²) < 4.78 is 10.7. The van der Waals surface area contributed by atoms with Crippen LogP contribution in [0.5, 0.6) is 11.5 Å². The molecule has 0 N–H and O–H groups in total. The second-order valence-corrected chi connectivity index (χ2v) is 4.71. The molecule has 2 rings (SSSR count). The predicted molar refractivity (Wildman–Crippen MR) is 73.5 cm³/mol. The first kappa shape index (κ1) is 13.7. The fourth-order valence-corrected chi connectivity index (χ4v) is 2.69. The first-order chi connectivity index (χ1) is 9.21. The second kappa shape index (κ2) is 5.95. The first-order valence-electron chi connectivity index (χ1n) is 6.72. The molecule has 1 atom stereocenters. The number of hydrogen-bond acceptors (Lipinski definition) is 3. The van der Waals surface area contributed by atoms with Crippen molar-refractivity contribution in [1.82, 2.24) is 4.90 Å². The van der Waals surface area contributed by atoms with Gasteiger partial charge in [0.1, 0.15) is 11.5 Å². The van der Waals surface area contributed by atoms with Gasteiger partial charge in [0.15, 0.2) is 0 Å². The van der Waals surface area contributed by atoms with E-state index < -0.39 is 0 Å². The van der Waals surface area contributed by atoms with Crippen LogP contribution in [0.3, 0.4) is 0 Å². The lowest BCUT2D eigenvalue weighted by atomic mass is 10.0. The minimum atomic E-state index is 0.109. The van der Waals surface area contributed by atoms with Crippen molar-refractivity contribution in [2.45, 2.75) is 32.2 Å². The van der Waals surface area contributed by atoms with Gasteiger partial charge in [-0.1, -0.05) is 6.92 Å². The quantitative estimate of drug-likeness (QED) is 0.838. The number of methoxy groups -OCH3 is 2. The molecule has 1 aliphatic rings. The van der Waals surface area contributed by atoms with Crippen LogP contribution in [0.2, 0.25) is 0 Å². The van der Waals surface area contributed by atoms with Crippen molar-refractivity contribution in [2.75, 3.05) is 20.8 Å². The summed E-state index contributed by atoms with van der Waals surface area (Å²) in [5, 5.41) is 0. The van der Waals surface area contributed by atoms with Gasteiger partial charge < -0.3 is 14.4 Å². The number of nitrogens with zero attached hydrogens (tertiary/aromatic N) is 1. The Bertz CT molecular complexity index is 459. The Balaban J connectivity index is 2.36. The summed E-state index contributed by atoms with van der Waals surface area (Å²) >= 11 is 0. The van der Waals surface area contributed by atoms with Gasteiger partial charge >= 0.3 is 0 Å². The number of ether oxygens (including phenoxy) is 2. The summed E-state index contributed by atoms with van der Waals surface area (Å²) in [7, 11) is 3.31. The van der Waals surface area contributed by atoms with Crippen molar-refractivity contribution in [2.24, 2.45) is 0 Å². The van der Waals surface area contributed by atoms with Gasteiger partial charge in [-0.05, 0) is 31.0 Å². The van der Waals surface area contributed by atoms with Gasteiger partial charge in [0.25, 0.3) is 0 Å². The lowest BCUT2D eigenvalue weighted by molar-refractivity contribution is -0.131. The van der Waals surface area contributed by atoms with E-state index in [9.17, 15) is 4.79 Å². The predicted octanol–water partition coefficient (Wildman–Crippen LogP) is 2.78. The molecule has 1 heterocycles. The average molecular weight is 263 g/mol. The molecular weight excluding hydrogens is 242 g/mol. The zero-order valence-corrected chi connectivity index (χ0v) is 11.8. The molecule has 0 radical (unpaired) electrons. The molecule has 1 aromatic rings. The fraction of sp³-hybridized carbons (Fsp3) is 0.533. The summed E-state index contributed by atoms with van der Waals surface area (Å²) in [6.07, 6.45) is 2.56. The summed E-state index contributed by atoms with van der Waals surface area (Å²) in [5.41, 5.74) is 1.04. The Morgan fingerprint density at radius 1 is 1.37 bits per heavy atom. The molecule has 1 unspecified atom stereocenters. The normalized spacial score (nSPS) is 18.5. The van der Waals surface area contributed by atoms with Crippen molar-refractivity contribution >= 4 is 5.91 Å². The summed E-state index contributed by atoms with van der Waals surface area (Å²) in [4.78, 5) is 14.0. The molecule has 1 saturated heterocycles. The van der Waals surface area contributed by atoms with Crippen molar-refractivity contribution in [3.63, 3.8) is 0 Å². The smallest absolute Gasteiger partial charge is 0.222 e. The Kier molecular flexibility index (Phi) is 4.30. The topological polar surface area (TPSA) is 38.8 Å². The first-order valence-corrected chi connectivity index (χ1v) is 6.72. The van der Waals surface area contributed by atoms with E-state index in [1.54, 1.807) is 14.2 Å². The Hall–Kier alpha value is -1.71. The molecule has 1 fully saturated rings. The van der Waals surface area contributed by atoms with Crippen molar-refractivity contribution < 1.29 is 14.3 Å². The van der Waals surface area contributed by atoms with E-state index in [0.717, 1.165) is 36.4 Å². The number of carbonyl (C=O) groups is 1. The number of likely N-dealkylation sites (tertiary alicyclic amines) is 1. The molecule has 0 bridgehead atoms. The number of carbonyl (C=O) groups excluding carboxylic acids is 1. The Morgan fingerprint density at radius 3 is 2.79 bits per heavy atom.